The second kappa shape index (κ2) is 5.14. The second-order valence-electron chi connectivity index (χ2n) is 4.24. The smallest absolute Gasteiger partial charge is 0.244 e. The molecule has 0 radical (unpaired) electrons. The van der Waals surface area contributed by atoms with Gasteiger partial charge in [-0.25, -0.2) is 8.42 Å². The van der Waals surface area contributed by atoms with E-state index in [9.17, 15) is 13.5 Å². The van der Waals surface area contributed by atoms with Crippen molar-refractivity contribution < 1.29 is 13.5 Å². The molecule has 1 aliphatic heterocycles. The van der Waals surface area contributed by atoms with E-state index in [2.05, 4.69) is 5.32 Å². The standard InChI is InChI=1S/C11H15ClN2O3S/c1-14(9-6-13-7-10(9)15)18(16,17)11-5-3-2-4-8(11)12/h2-5,9-10,13,15H,6-7H2,1H3/t9-,10-/m0/s1. The number of benzene rings is 1. The number of aliphatic hydroxyl groups excluding tert-OH is 1. The zero-order valence-corrected chi connectivity index (χ0v) is 11.4. The quantitative estimate of drug-likeness (QED) is 0.840. The summed E-state index contributed by atoms with van der Waals surface area (Å²) < 4.78 is 26.0. The molecule has 1 aliphatic rings. The molecule has 0 unspecified atom stereocenters. The lowest BCUT2D eigenvalue weighted by Crippen LogP contribution is -2.44. The Hall–Kier alpha value is -0.660. The predicted molar refractivity (Wildman–Crippen MR) is 69.1 cm³/mol. The van der Waals surface area contributed by atoms with Crippen molar-refractivity contribution in [1.29, 1.82) is 0 Å². The Kier molecular flexibility index (Phi) is 3.93. The molecule has 2 atom stereocenters. The van der Waals surface area contributed by atoms with Crippen molar-refractivity contribution in [2.24, 2.45) is 0 Å². The van der Waals surface area contributed by atoms with E-state index >= 15 is 0 Å². The van der Waals surface area contributed by atoms with Crippen LogP contribution >= 0.6 is 11.6 Å². The van der Waals surface area contributed by atoms with E-state index in [0.717, 1.165) is 0 Å². The number of sulfonamides is 1. The van der Waals surface area contributed by atoms with Crippen LogP contribution in [0.25, 0.3) is 0 Å². The average molecular weight is 291 g/mol. The van der Waals surface area contributed by atoms with Crippen molar-refractivity contribution >= 4 is 21.6 Å². The third-order valence-electron chi connectivity index (χ3n) is 3.11. The summed E-state index contributed by atoms with van der Waals surface area (Å²) in [5.74, 6) is 0. The maximum absolute atomic E-state index is 12.4. The highest BCUT2D eigenvalue weighted by atomic mass is 35.5. The van der Waals surface area contributed by atoms with Crippen LogP contribution in [0.15, 0.2) is 29.2 Å². The molecule has 0 aromatic heterocycles. The average Bonchev–Trinajstić information content (AvgIpc) is 2.74. The first-order valence-electron chi connectivity index (χ1n) is 5.56. The Morgan fingerprint density at radius 3 is 2.61 bits per heavy atom. The summed E-state index contributed by atoms with van der Waals surface area (Å²) in [7, 11) is -2.23. The SMILES string of the molecule is CN([C@H]1CNC[C@@H]1O)S(=O)(=O)c1ccccc1Cl. The Balaban J connectivity index is 2.34. The van der Waals surface area contributed by atoms with Crippen LogP contribution < -0.4 is 5.32 Å². The van der Waals surface area contributed by atoms with Crippen LogP contribution in [0.1, 0.15) is 0 Å². The Labute approximate surface area is 111 Å². The Bertz CT molecular complexity index is 535. The van der Waals surface area contributed by atoms with Gasteiger partial charge >= 0.3 is 0 Å². The summed E-state index contributed by atoms with van der Waals surface area (Å²) in [5.41, 5.74) is 0. The van der Waals surface area contributed by atoms with Crippen molar-refractivity contribution in [3.8, 4) is 0 Å². The fraction of sp³-hybridized carbons (Fsp3) is 0.455. The molecule has 1 aromatic rings. The third kappa shape index (κ3) is 2.39. The van der Waals surface area contributed by atoms with Crippen molar-refractivity contribution in [1.82, 2.24) is 9.62 Å². The summed E-state index contributed by atoms with van der Waals surface area (Å²) in [6, 6.07) is 5.82. The molecule has 1 heterocycles. The van der Waals surface area contributed by atoms with E-state index in [1.54, 1.807) is 12.1 Å². The van der Waals surface area contributed by atoms with E-state index < -0.39 is 22.2 Å². The van der Waals surface area contributed by atoms with Crippen LogP contribution in [0.3, 0.4) is 0 Å². The molecular weight excluding hydrogens is 276 g/mol. The number of nitrogens with one attached hydrogen (secondary N) is 1. The molecule has 0 amide bonds. The van der Waals surface area contributed by atoms with Gasteiger partial charge in [-0.05, 0) is 12.1 Å². The summed E-state index contributed by atoms with van der Waals surface area (Å²) in [6.45, 7) is 0.828. The van der Waals surface area contributed by atoms with Crippen molar-refractivity contribution in [3.63, 3.8) is 0 Å². The monoisotopic (exact) mass is 290 g/mol. The van der Waals surface area contributed by atoms with Gasteiger partial charge in [0.05, 0.1) is 17.2 Å². The lowest BCUT2D eigenvalue weighted by molar-refractivity contribution is 0.136. The summed E-state index contributed by atoms with van der Waals surface area (Å²) in [5, 5.41) is 12.9. The highest BCUT2D eigenvalue weighted by Gasteiger charge is 2.36. The molecule has 2 N–H and O–H groups in total. The topological polar surface area (TPSA) is 69.6 Å². The minimum atomic E-state index is -3.68. The number of hydrogen-bond acceptors (Lipinski definition) is 4. The van der Waals surface area contributed by atoms with E-state index in [0.29, 0.717) is 13.1 Å². The molecule has 1 saturated heterocycles. The van der Waals surface area contributed by atoms with Gasteiger partial charge in [-0.15, -0.1) is 0 Å². The minimum Gasteiger partial charge on any atom is -0.390 e. The zero-order chi connectivity index (χ0) is 13.3. The summed E-state index contributed by atoms with van der Waals surface area (Å²) >= 11 is 5.91. The van der Waals surface area contributed by atoms with Crippen molar-refractivity contribution in [3.05, 3.63) is 29.3 Å². The van der Waals surface area contributed by atoms with Gasteiger partial charge in [-0.1, -0.05) is 23.7 Å². The lowest BCUT2D eigenvalue weighted by Gasteiger charge is -2.25. The first kappa shape index (κ1) is 13.8. The number of likely N-dealkylation sites (N-methyl/N-ethyl adjacent to an activating group) is 1. The molecule has 0 spiro atoms. The van der Waals surface area contributed by atoms with Crippen LogP contribution in [0.5, 0.6) is 0 Å². The van der Waals surface area contributed by atoms with Crippen LogP contribution in [0.2, 0.25) is 5.02 Å². The normalized spacial score (nSPS) is 24.7. The number of aliphatic hydroxyl groups is 1. The Morgan fingerprint density at radius 1 is 1.39 bits per heavy atom. The van der Waals surface area contributed by atoms with Crippen LogP contribution in [0, 0.1) is 0 Å². The van der Waals surface area contributed by atoms with Gasteiger partial charge in [0.15, 0.2) is 0 Å². The van der Waals surface area contributed by atoms with E-state index in [1.807, 2.05) is 0 Å². The van der Waals surface area contributed by atoms with Crippen molar-refractivity contribution in [2.45, 2.75) is 17.0 Å². The van der Waals surface area contributed by atoms with Crippen LogP contribution in [-0.4, -0.2) is 50.1 Å². The number of hydrogen-bond donors (Lipinski definition) is 2. The first-order chi connectivity index (χ1) is 8.44. The molecule has 0 saturated carbocycles. The van der Waals surface area contributed by atoms with Crippen LogP contribution in [0.4, 0.5) is 0 Å². The Morgan fingerprint density at radius 2 is 2.06 bits per heavy atom. The molecule has 7 heteroatoms. The molecule has 0 bridgehead atoms. The number of rotatable bonds is 3. The van der Waals surface area contributed by atoms with Crippen molar-refractivity contribution in [2.75, 3.05) is 20.1 Å². The van der Waals surface area contributed by atoms with Gasteiger partial charge < -0.3 is 10.4 Å². The van der Waals surface area contributed by atoms with Crippen LogP contribution in [-0.2, 0) is 10.0 Å². The highest BCUT2D eigenvalue weighted by Crippen LogP contribution is 2.25. The molecular formula is C11H15ClN2O3S. The second-order valence-corrected chi connectivity index (χ2v) is 6.62. The molecule has 5 nitrogen and oxygen atoms in total. The zero-order valence-electron chi connectivity index (χ0n) is 9.88. The molecule has 100 valence electrons. The van der Waals surface area contributed by atoms with Gasteiger partial charge in [-0.3, -0.25) is 0 Å². The molecule has 2 rings (SSSR count). The summed E-state index contributed by atoms with van der Waals surface area (Å²) in [4.78, 5) is 0.0632. The number of β-amino-alcohol motifs (C(OH)–C–C–N with tert-alkyl or cyclic N) is 1. The number of nitrogens with zero attached hydrogens (tertiary/aromatic N) is 1. The van der Waals surface area contributed by atoms with Gasteiger partial charge in [0, 0.05) is 20.1 Å². The van der Waals surface area contributed by atoms with Gasteiger partial charge in [0.2, 0.25) is 10.0 Å². The van der Waals surface area contributed by atoms with Gasteiger partial charge in [-0.2, -0.15) is 4.31 Å². The van der Waals surface area contributed by atoms with Gasteiger partial charge in [0.1, 0.15) is 4.90 Å². The maximum atomic E-state index is 12.4. The third-order valence-corrected chi connectivity index (χ3v) is 5.49. The fourth-order valence-corrected chi connectivity index (χ4v) is 3.88. The lowest BCUT2D eigenvalue weighted by atomic mass is 10.2. The fourth-order valence-electron chi connectivity index (χ4n) is 2.01. The predicted octanol–water partition coefficient (Wildman–Crippen LogP) is 0.293. The summed E-state index contributed by atoms with van der Waals surface area (Å²) in [6.07, 6.45) is -0.702. The van der Waals surface area contributed by atoms with E-state index in [4.69, 9.17) is 11.6 Å². The maximum Gasteiger partial charge on any atom is 0.244 e. The molecule has 1 aromatic carbocycles. The minimum absolute atomic E-state index is 0.0632. The molecule has 1 fully saturated rings. The van der Waals surface area contributed by atoms with E-state index in [1.165, 1.54) is 23.5 Å². The molecule has 18 heavy (non-hydrogen) atoms. The molecule has 0 aliphatic carbocycles. The first-order valence-corrected chi connectivity index (χ1v) is 7.37. The highest BCUT2D eigenvalue weighted by molar-refractivity contribution is 7.89. The van der Waals surface area contributed by atoms with E-state index in [-0.39, 0.29) is 9.92 Å². The largest absolute Gasteiger partial charge is 0.390 e. The number of halogens is 1. The van der Waals surface area contributed by atoms with Gasteiger partial charge in [0.25, 0.3) is 0 Å².